The summed E-state index contributed by atoms with van der Waals surface area (Å²) in [4.78, 5) is 41.8. The zero-order chi connectivity index (χ0) is 26.7. The Hall–Kier alpha value is -3.72. The molecular weight excluding hydrogens is 494 g/mol. The predicted molar refractivity (Wildman–Crippen MR) is 146 cm³/mol. The zero-order valence-corrected chi connectivity index (χ0v) is 22.2. The van der Waals surface area contributed by atoms with Crippen molar-refractivity contribution in [3.05, 3.63) is 48.3 Å². The van der Waals surface area contributed by atoms with Gasteiger partial charge in [0.05, 0.1) is 24.1 Å². The summed E-state index contributed by atoms with van der Waals surface area (Å²) in [5.41, 5.74) is 1.73. The van der Waals surface area contributed by atoms with Gasteiger partial charge in [-0.05, 0) is 55.7 Å². The molecule has 39 heavy (non-hydrogen) atoms. The van der Waals surface area contributed by atoms with Gasteiger partial charge < -0.3 is 9.64 Å². The first-order chi connectivity index (χ1) is 18.9. The van der Waals surface area contributed by atoms with E-state index in [9.17, 15) is 14.4 Å². The lowest BCUT2D eigenvalue weighted by Crippen LogP contribution is -2.53. The minimum absolute atomic E-state index is 0.212. The third-order valence-electron chi connectivity index (χ3n) is 9.11. The number of hydrogen-bond acceptors (Lipinski definition) is 6. The van der Waals surface area contributed by atoms with Crippen LogP contribution in [0.15, 0.2) is 42.7 Å². The van der Waals surface area contributed by atoms with Gasteiger partial charge in [0.2, 0.25) is 11.8 Å². The monoisotopic (exact) mass is 527 g/mol. The molecule has 4 aliphatic rings. The second kappa shape index (κ2) is 9.19. The SMILES string of the molecule is CC1(CN2CCC(n3cc(Oc4ccc5c6c(cccc46)C(=O)N5[C@H]4CCC(=O)NC4=O)cn3)CC2)CCC1. The fourth-order valence-electron chi connectivity index (χ4n) is 6.83. The van der Waals surface area contributed by atoms with E-state index in [0.29, 0.717) is 40.6 Å². The topological polar surface area (TPSA) is 96.8 Å². The number of aromatic nitrogens is 2. The van der Waals surface area contributed by atoms with Gasteiger partial charge in [0.1, 0.15) is 11.8 Å². The van der Waals surface area contributed by atoms with Crippen molar-refractivity contribution in [2.24, 2.45) is 5.41 Å². The highest BCUT2D eigenvalue weighted by atomic mass is 16.5. The van der Waals surface area contributed by atoms with E-state index in [2.05, 4.69) is 22.2 Å². The number of nitrogens with one attached hydrogen (secondary N) is 1. The van der Waals surface area contributed by atoms with Gasteiger partial charge in [0, 0.05) is 42.4 Å². The molecule has 0 spiro atoms. The van der Waals surface area contributed by atoms with Crippen LogP contribution in [0.2, 0.25) is 0 Å². The number of carbonyl (C=O) groups is 3. The number of likely N-dealkylation sites (tertiary alicyclic amines) is 1. The number of amides is 3. The van der Waals surface area contributed by atoms with E-state index in [1.54, 1.807) is 12.3 Å². The molecule has 1 aliphatic carbocycles. The lowest BCUT2D eigenvalue weighted by Gasteiger charge is -2.44. The number of rotatable bonds is 6. The van der Waals surface area contributed by atoms with Gasteiger partial charge in [0.25, 0.3) is 5.91 Å². The zero-order valence-electron chi connectivity index (χ0n) is 22.2. The molecule has 0 bridgehead atoms. The number of piperidine rings is 2. The van der Waals surface area contributed by atoms with Crippen LogP contribution >= 0.6 is 0 Å². The quantitative estimate of drug-likeness (QED) is 0.477. The third-order valence-corrected chi connectivity index (χ3v) is 9.11. The first kappa shape index (κ1) is 24.3. The summed E-state index contributed by atoms with van der Waals surface area (Å²) >= 11 is 0. The Labute approximate surface area is 227 Å². The second-order valence-electron chi connectivity index (χ2n) is 11.9. The van der Waals surface area contributed by atoms with Crippen molar-refractivity contribution in [2.45, 2.75) is 64.0 Å². The Morgan fingerprint density at radius 1 is 1.08 bits per heavy atom. The van der Waals surface area contributed by atoms with E-state index in [1.165, 1.54) is 30.7 Å². The number of ether oxygens (including phenoxy) is 1. The van der Waals surface area contributed by atoms with Crippen molar-refractivity contribution in [1.29, 1.82) is 0 Å². The average Bonchev–Trinajstić information content (AvgIpc) is 3.49. The molecule has 3 fully saturated rings. The number of benzene rings is 2. The summed E-state index contributed by atoms with van der Waals surface area (Å²) in [5, 5.41) is 8.57. The van der Waals surface area contributed by atoms with Crippen molar-refractivity contribution in [2.75, 3.05) is 24.5 Å². The second-order valence-corrected chi connectivity index (χ2v) is 11.9. The molecule has 3 aliphatic heterocycles. The smallest absolute Gasteiger partial charge is 0.259 e. The van der Waals surface area contributed by atoms with E-state index >= 15 is 0 Å². The van der Waals surface area contributed by atoms with Gasteiger partial charge in [-0.1, -0.05) is 25.5 Å². The van der Waals surface area contributed by atoms with Crippen molar-refractivity contribution in [3.63, 3.8) is 0 Å². The molecule has 0 unspecified atom stereocenters. The van der Waals surface area contributed by atoms with Gasteiger partial charge in [0.15, 0.2) is 5.75 Å². The van der Waals surface area contributed by atoms with Crippen LogP contribution in [0.1, 0.15) is 68.3 Å². The molecule has 3 aromatic rings. The van der Waals surface area contributed by atoms with E-state index < -0.39 is 11.9 Å². The highest BCUT2D eigenvalue weighted by Crippen LogP contribution is 2.44. The maximum absolute atomic E-state index is 13.4. The van der Waals surface area contributed by atoms with Crippen LogP contribution in [0.3, 0.4) is 0 Å². The third kappa shape index (κ3) is 4.19. The first-order valence-electron chi connectivity index (χ1n) is 14.1. The van der Waals surface area contributed by atoms with Crippen molar-refractivity contribution in [3.8, 4) is 11.5 Å². The van der Waals surface area contributed by atoms with Crippen LogP contribution in [-0.4, -0.2) is 58.1 Å². The summed E-state index contributed by atoms with van der Waals surface area (Å²) in [7, 11) is 0. The van der Waals surface area contributed by atoms with Crippen molar-refractivity contribution < 1.29 is 19.1 Å². The molecule has 1 saturated carbocycles. The molecule has 9 nitrogen and oxygen atoms in total. The normalized spacial score (nSPS) is 23.3. The summed E-state index contributed by atoms with van der Waals surface area (Å²) in [6, 6.07) is 8.87. The molecule has 9 heteroatoms. The molecular formula is C30H33N5O4. The molecule has 202 valence electrons. The molecule has 4 heterocycles. The summed E-state index contributed by atoms with van der Waals surface area (Å²) in [5.74, 6) is 0.329. The number of anilines is 1. The Balaban J connectivity index is 1.09. The molecule has 0 radical (unpaired) electrons. The predicted octanol–water partition coefficient (Wildman–Crippen LogP) is 4.42. The number of nitrogens with zero attached hydrogens (tertiary/aromatic N) is 4. The van der Waals surface area contributed by atoms with Gasteiger partial charge in [-0.25, -0.2) is 0 Å². The maximum Gasteiger partial charge on any atom is 0.259 e. The Morgan fingerprint density at radius 3 is 2.64 bits per heavy atom. The van der Waals surface area contributed by atoms with E-state index in [0.717, 1.165) is 36.7 Å². The Kier molecular flexibility index (Phi) is 5.73. The molecule has 1 atom stereocenters. The fourth-order valence-corrected chi connectivity index (χ4v) is 6.83. The van der Waals surface area contributed by atoms with Gasteiger partial charge in [-0.3, -0.25) is 29.3 Å². The minimum Gasteiger partial charge on any atom is -0.453 e. The van der Waals surface area contributed by atoms with Crippen LogP contribution in [0.25, 0.3) is 10.8 Å². The number of hydrogen-bond donors (Lipinski definition) is 1. The summed E-state index contributed by atoms with van der Waals surface area (Å²) < 4.78 is 8.35. The molecule has 7 rings (SSSR count). The van der Waals surface area contributed by atoms with Crippen molar-refractivity contribution >= 4 is 34.2 Å². The number of imide groups is 1. The lowest BCUT2D eigenvalue weighted by atomic mass is 9.70. The van der Waals surface area contributed by atoms with Gasteiger partial charge in [-0.2, -0.15) is 5.10 Å². The molecule has 2 aromatic carbocycles. The first-order valence-corrected chi connectivity index (χ1v) is 14.1. The molecule has 1 N–H and O–H groups in total. The van der Waals surface area contributed by atoms with E-state index in [1.807, 2.05) is 35.1 Å². The Morgan fingerprint density at radius 2 is 1.90 bits per heavy atom. The van der Waals surface area contributed by atoms with Crippen molar-refractivity contribution in [1.82, 2.24) is 20.0 Å². The van der Waals surface area contributed by atoms with E-state index in [-0.39, 0.29) is 18.2 Å². The van der Waals surface area contributed by atoms with Crippen LogP contribution in [0.5, 0.6) is 11.5 Å². The number of carbonyl (C=O) groups excluding carboxylic acids is 3. The van der Waals surface area contributed by atoms with Gasteiger partial charge >= 0.3 is 0 Å². The highest BCUT2D eigenvalue weighted by Gasteiger charge is 2.41. The molecule has 3 amide bonds. The maximum atomic E-state index is 13.4. The van der Waals surface area contributed by atoms with Gasteiger partial charge in [-0.15, -0.1) is 0 Å². The lowest BCUT2D eigenvalue weighted by molar-refractivity contribution is -0.134. The summed E-state index contributed by atoms with van der Waals surface area (Å²) in [6.07, 6.45) is 10.5. The Bertz CT molecular complexity index is 1480. The molecule has 2 saturated heterocycles. The van der Waals surface area contributed by atoms with E-state index in [4.69, 9.17) is 4.74 Å². The fraction of sp³-hybridized carbons (Fsp3) is 0.467. The average molecular weight is 528 g/mol. The summed E-state index contributed by atoms with van der Waals surface area (Å²) in [6.45, 7) is 5.83. The standard InChI is InChI=1S/C30H33N5O4/c1-30(12-3-13-30)18-33-14-10-19(11-15-33)34-17-20(16-31-34)39-25-8-6-23-27-21(25)4-2-5-22(27)29(38)35(23)24-7-9-26(36)32-28(24)37/h2,4-6,8,16-17,19,24H,3,7,9-15,18H2,1H3,(H,32,36,37)/t24-/m0/s1. The minimum atomic E-state index is -0.709. The largest absolute Gasteiger partial charge is 0.453 e. The van der Waals surface area contributed by atoms with Crippen LogP contribution in [-0.2, 0) is 9.59 Å². The van der Waals surface area contributed by atoms with Crippen LogP contribution in [0.4, 0.5) is 5.69 Å². The van der Waals surface area contributed by atoms with Crippen LogP contribution < -0.4 is 15.0 Å². The molecule has 1 aromatic heterocycles. The van der Waals surface area contributed by atoms with Crippen LogP contribution in [0, 0.1) is 5.41 Å². The highest BCUT2D eigenvalue weighted by molar-refractivity contribution is 6.27.